The van der Waals surface area contributed by atoms with E-state index in [2.05, 4.69) is 21.5 Å². The molecule has 1 N–H and O–H groups in total. The van der Waals surface area contributed by atoms with Crippen LogP contribution in [0.5, 0.6) is 5.75 Å². The van der Waals surface area contributed by atoms with Crippen LogP contribution in [0.2, 0.25) is 6.32 Å². The van der Waals surface area contributed by atoms with E-state index in [9.17, 15) is 4.79 Å². The maximum atomic E-state index is 13.3. The Hall–Kier alpha value is -4.38. The number of benzene rings is 2. The van der Waals surface area contributed by atoms with Gasteiger partial charge in [0.2, 0.25) is 5.91 Å². The van der Waals surface area contributed by atoms with Crippen LogP contribution in [0.3, 0.4) is 0 Å². The largest absolute Gasteiger partial charge is 0.484 e. The minimum atomic E-state index is -0.298. The van der Waals surface area contributed by atoms with Crippen molar-refractivity contribution in [2.45, 2.75) is 31.6 Å². The summed E-state index contributed by atoms with van der Waals surface area (Å²) in [5.41, 5.74) is 3.75. The highest BCUT2D eigenvalue weighted by atomic mass is 16.5. The molecule has 7 nitrogen and oxygen atoms in total. The lowest BCUT2D eigenvalue weighted by Crippen LogP contribution is -2.26. The van der Waals surface area contributed by atoms with Crippen LogP contribution >= 0.6 is 0 Å². The molecule has 4 rings (SSSR count). The molecule has 2 unspecified atom stereocenters. The molecule has 0 aliphatic heterocycles. The molecule has 0 aliphatic rings. The highest BCUT2D eigenvalue weighted by molar-refractivity contribution is 6.45. The van der Waals surface area contributed by atoms with Gasteiger partial charge < -0.3 is 10.1 Å². The normalized spacial score (nSPS) is 12.2. The zero-order valence-electron chi connectivity index (χ0n) is 20.5. The van der Waals surface area contributed by atoms with E-state index in [-0.39, 0.29) is 17.8 Å². The van der Waals surface area contributed by atoms with Gasteiger partial charge in [0, 0.05) is 24.6 Å². The third kappa shape index (κ3) is 6.60. The van der Waals surface area contributed by atoms with Gasteiger partial charge in [-0.2, -0.15) is 10.4 Å². The molecule has 0 radical (unpaired) electrons. The van der Waals surface area contributed by atoms with Crippen molar-refractivity contribution in [2.75, 3.05) is 5.32 Å². The molecule has 2 aromatic carbocycles. The van der Waals surface area contributed by atoms with E-state index >= 15 is 0 Å². The Balaban J connectivity index is 1.37. The molecule has 180 valence electrons. The average molecular weight is 477 g/mol. The maximum Gasteiger partial charge on any atom is 0.225 e. The quantitative estimate of drug-likeness (QED) is 0.337. The number of aromatic nitrogens is 3. The standard InChI is InChI=1S/C28H28BN5O2/c1-20(24-17-32-34(2)19-24)36-25-12-13-26(31-18-25)33-28(35)27(23-6-4-3-5-7-23)29-15-14-21-8-10-22(16-30)11-9-21/h3-13,17-20,27,29H,14-15H2,1-2H3,(H,31,33,35). The molecule has 0 aliphatic carbocycles. The van der Waals surface area contributed by atoms with E-state index < -0.39 is 0 Å². The number of amides is 1. The molecule has 2 atom stereocenters. The predicted molar refractivity (Wildman–Crippen MR) is 141 cm³/mol. The van der Waals surface area contributed by atoms with Crippen molar-refractivity contribution in [1.29, 1.82) is 5.26 Å². The summed E-state index contributed by atoms with van der Waals surface area (Å²) in [6.07, 6.45) is 6.81. The molecular weight excluding hydrogens is 449 g/mol. The first-order chi connectivity index (χ1) is 17.5. The van der Waals surface area contributed by atoms with Crippen LogP contribution in [0.4, 0.5) is 5.82 Å². The highest BCUT2D eigenvalue weighted by Crippen LogP contribution is 2.23. The molecular formula is C28H28BN5O2. The molecule has 0 bridgehead atoms. The summed E-state index contributed by atoms with van der Waals surface area (Å²) in [6.45, 7) is 1.95. The lowest BCUT2D eigenvalue weighted by molar-refractivity contribution is -0.116. The number of nitrogens with zero attached hydrogens (tertiary/aromatic N) is 4. The number of nitrogens with one attached hydrogen (secondary N) is 1. The second-order valence-electron chi connectivity index (χ2n) is 8.74. The van der Waals surface area contributed by atoms with Crippen molar-refractivity contribution >= 4 is 19.0 Å². The summed E-state index contributed by atoms with van der Waals surface area (Å²) in [5.74, 6) is 0.708. The van der Waals surface area contributed by atoms with Crippen LogP contribution in [0.15, 0.2) is 85.3 Å². The predicted octanol–water partition coefficient (Wildman–Crippen LogP) is 4.60. The van der Waals surface area contributed by atoms with Crippen molar-refractivity contribution in [3.63, 3.8) is 0 Å². The van der Waals surface area contributed by atoms with Gasteiger partial charge >= 0.3 is 0 Å². The zero-order valence-corrected chi connectivity index (χ0v) is 20.5. The van der Waals surface area contributed by atoms with E-state index in [1.807, 2.05) is 74.8 Å². The molecule has 4 aromatic rings. The zero-order chi connectivity index (χ0) is 25.3. The first-order valence-electron chi connectivity index (χ1n) is 12.0. The third-order valence-electron chi connectivity index (χ3n) is 6.05. The number of hydrogen-bond donors (Lipinski definition) is 1. The fourth-order valence-corrected chi connectivity index (χ4v) is 4.05. The number of rotatable bonds is 10. The lowest BCUT2D eigenvalue weighted by atomic mass is 9.58. The third-order valence-corrected chi connectivity index (χ3v) is 6.05. The Kier molecular flexibility index (Phi) is 8.14. The molecule has 8 heteroatoms. The van der Waals surface area contributed by atoms with Crippen molar-refractivity contribution in [2.24, 2.45) is 7.05 Å². The summed E-state index contributed by atoms with van der Waals surface area (Å²) in [7, 11) is 2.56. The monoisotopic (exact) mass is 477 g/mol. The number of hydrogen-bond acceptors (Lipinski definition) is 5. The van der Waals surface area contributed by atoms with Gasteiger partial charge in [-0.1, -0.05) is 48.8 Å². The van der Waals surface area contributed by atoms with Crippen LogP contribution < -0.4 is 10.1 Å². The van der Waals surface area contributed by atoms with Crippen molar-refractivity contribution < 1.29 is 9.53 Å². The number of nitriles is 1. The Labute approximate surface area is 212 Å². The molecule has 2 aromatic heterocycles. The van der Waals surface area contributed by atoms with Gasteiger partial charge in [0.05, 0.1) is 24.0 Å². The number of aryl methyl sites for hydroxylation is 2. The first-order valence-corrected chi connectivity index (χ1v) is 12.0. The van der Waals surface area contributed by atoms with Crippen LogP contribution in [0, 0.1) is 11.3 Å². The summed E-state index contributed by atoms with van der Waals surface area (Å²) in [4.78, 5) is 17.6. The Morgan fingerprint density at radius 3 is 2.50 bits per heavy atom. The van der Waals surface area contributed by atoms with Gasteiger partial charge in [0.15, 0.2) is 0 Å². The van der Waals surface area contributed by atoms with E-state index in [4.69, 9.17) is 10.00 Å². The summed E-state index contributed by atoms with van der Waals surface area (Å²) in [6, 6.07) is 23.1. The topological polar surface area (TPSA) is 92.8 Å². The van der Waals surface area contributed by atoms with Gasteiger partial charge in [0.25, 0.3) is 0 Å². The van der Waals surface area contributed by atoms with Gasteiger partial charge in [-0.15, -0.1) is 0 Å². The van der Waals surface area contributed by atoms with E-state index in [0.29, 0.717) is 24.4 Å². The van der Waals surface area contributed by atoms with Gasteiger partial charge in [-0.3, -0.25) is 9.48 Å². The minimum Gasteiger partial charge on any atom is -0.484 e. The van der Waals surface area contributed by atoms with Crippen molar-refractivity contribution in [3.05, 3.63) is 108 Å². The summed E-state index contributed by atoms with van der Waals surface area (Å²) >= 11 is 0. The lowest BCUT2D eigenvalue weighted by Gasteiger charge is -2.17. The second-order valence-corrected chi connectivity index (χ2v) is 8.74. The Bertz CT molecular complexity index is 1310. The molecule has 0 spiro atoms. The molecule has 2 heterocycles. The molecule has 0 saturated carbocycles. The average Bonchev–Trinajstić information content (AvgIpc) is 3.35. The number of carbonyl (C=O) groups excluding carboxylic acids is 1. The fraction of sp³-hybridized carbons (Fsp3) is 0.214. The van der Waals surface area contributed by atoms with E-state index in [0.717, 1.165) is 29.4 Å². The van der Waals surface area contributed by atoms with Gasteiger partial charge in [-0.25, -0.2) is 4.98 Å². The molecule has 36 heavy (non-hydrogen) atoms. The number of carbonyl (C=O) groups is 1. The number of ether oxygens (including phenoxy) is 1. The van der Waals surface area contributed by atoms with Gasteiger partial charge in [-0.05, 0) is 48.7 Å². The van der Waals surface area contributed by atoms with E-state index in [1.165, 1.54) is 0 Å². The summed E-state index contributed by atoms with van der Waals surface area (Å²) in [5, 5.41) is 16.1. The summed E-state index contributed by atoms with van der Waals surface area (Å²) < 4.78 is 7.69. The number of pyridine rings is 1. The van der Waals surface area contributed by atoms with Crippen LogP contribution in [-0.4, -0.2) is 28.0 Å². The Morgan fingerprint density at radius 2 is 1.86 bits per heavy atom. The molecule has 0 saturated heterocycles. The SMILES string of the molecule is CC(Oc1ccc(NC(=O)C(BCCc2ccc(C#N)cc2)c2ccccc2)nc1)c1cnn(C)c1. The second kappa shape index (κ2) is 11.9. The van der Waals surface area contributed by atoms with Gasteiger partial charge in [0.1, 0.15) is 25.0 Å². The molecule has 0 fully saturated rings. The highest BCUT2D eigenvalue weighted by Gasteiger charge is 2.22. The number of anilines is 1. The maximum absolute atomic E-state index is 13.3. The fourth-order valence-electron chi connectivity index (χ4n) is 4.05. The van der Waals surface area contributed by atoms with Crippen LogP contribution in [0.25, 0.3) is 0 Å². The van der Waals surface area contributed by atoms with Crippen molar-refractivity contribution in [1.82, 2.24) is 14.8 Å². The first kappa shape index (κ1) is 24.7. The minimum absolute atomic E-state index is 0.0917. The van der Waals surface area contributed by atoms with Crippen molar-refractivity contribution in [3.8, 4) is 11.8 Å². The smallest absolute Gasteiger partial charge is 0.225 e. The Morgan fingerprint density at radius 1 is 1.08 bits per heavy atom. The van der Waals surface area contributed by atoms with Crippen LogP contribution in [-0.2, 0) is 18.3 Å². The molecule has 1 amide bonds. The van der Waals surface area contributed by atoms with E-state index in [1.54, 1.807) is 29.2 Å². The van der Waals surface area contributed by atoms with Crippen LogP contribution in [0.1, 0.15) is 41.1 Å².